The predicted molar refractivity (Wildman–Crippen MR) is 114 cm³/mol. The van der Waals surface area contributed by atoms with Crippen LogP contribution in [-0.4, -0.2) is 42.5 Å². The third-order valence-electron chi connectivity index (χ3n) is 4.80. The molecule has 0 aromatic heterocycles. The number of nitrogens with zero attached hydrogens (tertiary/aromatic N) is 1. The van der Waals surface area contributed by atoms with Crippen molar-refractivity contribution < 1.29 is 14.3 Å². The first-order valence-electron chi connectivity index (χ1n) is 10.2. The molecule has 1 atom stereocenters. The zero-order valence-corrected chi connectivity index (χ0v) is 17.3. The van der Waals surface area contributed by atoms with E-state index in [0.29, 0.717) is 25.3 Å². The van der Waals surface area contributed by atoms with Gasteiger partial charge in [-0.15, -0.1) is 0 Å². The van der Waals surface area contributed by atoms with Crippen molar-refractivity contribution in [1.82, 2.24) is 10.2 Å². The van der Waals surface area contributed by atoms with Crippen molar-refractivity contribution in [3.63, 3.8) is 0 Å². The zero-order chi connectivity index (χ0) is 20.8. The van der Waals surface area contributed by atoms with Gasteiger partial charge in [-0.3, -0.25) is 9.59 Å². The van der Waals surface area contributed by atoms with Gasteiger partial charge in [0, 0.05) is 48.2 Å². The van der Waals surface area contributed by atoms with Crippen LogP contribution in [0.2, 0.25) is 0 Å². The SMILES string of the molecule is CCOCCCN1C(=O)c2ccccc2[C@@H]1Nc1cccc(C(=O)NC(C)C)c1. The number of hydrogen-bond donors (Lipinski definition) is 2. The van der Waals surface area contributed by atoms with Gasteiger partial charge >= 0.3 is 0 Å². The topological polar surface area (TPSA) is 70.7 Å². The highest BCUT2D eigenvalue weighted by Gasteiger charge is 2.36. The van der Waals surface area contributed by atoms with Crippen molar-refractivity contribution in [3.8, 4) is 0 Å². The van der Waals surface area contributed by atoms with Gasteiger partial charge in [0.1, 0.15) is 6.17 Å². The van der Waals surface area contributed by atoms with E-state index in [4.69, 9.17) is 4.74 Å². The van der Waals surface area contributed by atoms with Crippen LogP contribution in [0.15, 0.2) is 48.5 Å². The van der Waals surface area contributed by atoms with Crippen LogP contribution in [0.25, 0.3) is 0 Å². The molecule has 0 spiro atoms. The molecule has 0 unspecified atom stereocenters. The zero-order valence-electron chi connectivity index (χ0n) is 17.3. The fourth-order valence-electron chi connectivity index (χ4n) is 3.49. The standard InChI is InChI=1S/C23H29N3O3/c1-4-29-14-8-13-26-21(19-11-5-6-12-20(19)23(26)28)25-18-10-7-9-17(15-18)22(27)24-16(2)3/h5-7,9-12,15-16,21,25H,4,8,13-14H2,1-3H3,(H,24,27)/t21-/m1/s1. The van der Waals surface area contributed by atoms with Crippen molar-refractivity contribution >= 4 is 17.5 Å². The van der Waals surface area contributed by atoms with E-state index in [-0.39, 0.29) is 24.0 Å². The van der Waals surface area contributed by atoms with Gasteiger partial charge in [0.05, 0.1) is 0 Å². The lowest BCUT2D eigenvalue weighted by atomic mass is 10.1. The molecule has 3 rings (SSSR count). The minimum Gasteiger partial charge on any atom is -0.382 e. The molecule has 6 heteroatoms. The molecule has 0 aliphatic carbocycles. The summed E-state index contributed by atoms with van der Waals surface area (Å²) >= 11 is 0. The van der Waals surface area contributed by atoms with Gasteiger partial charge in [-0.05, 0) is 51.5 Å². The summed E-state index contributed by atoms with van der Waals surface area (Å²) in [5.41, 5.74) is 3.05. The van der Waals surface area contributed by atoms with Crippen LogP contribution in [0.3, 0.4) is 0 Å². The van der Waals surface area contributed by atoms with E-state index in [1.54, 1.807) is 6.07 Å². The van der Waals surface area contributed by atoms with Crippen molar-refractivity contribution in [2.75, 3.05) is 25.1 Å². The molecule has 2 aromatic rings. The number of rotatable bonds is 9. The molecule has 0 fully saturated rings. The lowest BCUT2D eigenvalue weighted by Gasteiger charge is -2.27. The second-order valence-electron chi connectivity index (χ2n) is 7.39. The number of hydrogen-bond acceptors (Lipinski definition) is 4. The molecule has 2 N–H and O–H groups in total. The first-order valence-corrected chi connectivity index (χ1v) is 10.2. The maximum Gasteiger partial charge on any atom is 0.256 e. The van der Waals surface area contributed by atoms with Gasteiger partial charge in [-0.25, -0.2) is 0 Å². The summed E-state index contributed by atoms with van der Waals surface area (Å²) in [4.78, 5) is 27.1. The number of carbonyl (C=O) groups excluding carboxylic acids is 2. The summed E-state index contributed by atoms with van der Waals surface area (Å²) in [6.07, 6.45) is 0.492. The van der Waals surface area contributed by atoms with E-state index in [1.807, 2.05) is 68.1 Å². The van der Waals surface area contributed by atoms with Crippen LogP contribution in [-0.2, 0) is 4.74 Å². The third-order valence-corrected chi connectivity index (χ3v) is 4.80. The maximum atomic E-state index is 12.9. The molecule has 154 valence electrons. The number of ether oxygens (including phenoxy) is 1. The van der Waals surface area contributed by atoms with Crippen LogP contribution in [0.5, 0.6) is 0 Å². The fraction of sp³-hybridized carbons (Fsp3) is 0.391. The predicted octanol–water partition coefficient (Wildman–Crippen LogP) is 3.82. The summed E-state index contributed by atoms with van der Waals surface area (Å²) in [6.45, 7) is 7.71. The Bertz CT molecular complexity index is 866. The maximum absolute atomic E-state index is 12.9. The van der Waals surface area contributed by atoms with Gasteiger partial charge in [0.15, 0.2) is 0 Å². The smallest absolute Gasteiger partial charge is 0.256 e. The number of benzene rings is 2. The molecule has 2 aromatic carbocycles. The number of amides is 2. The molecule has 1 aliphatic rings. The van der Waals surface area contributed by atoms with Crippen molar-refractivity contribution in [3.05, 3.63) is 65.2 Å². The molecule has 29 heavy (non-hydrogen) atoms. The van der Waals surface area contributed by atoms with Crippen LogP contribution < -0.4 is 10.6 Å². The highest BCUT2D eigenvalue weighted by molar-refractivity contribution is 5.99. The summed E-state index contributed by atoms with van der Waals surface area (Å²) in [7, 11) is 0. The van der Waals surface area contributed by atoms with E-state index < -0.39 is 0 Å². The molecule has 0 saturated carbocycles. The van der Waals surface area contributed by atoms with E-state index in [0.717, 1.165) is 23.2 Å². The van der Waals surface area contributed by atoms with Crippen molar-refractivity contribution in [2.45, 2.75) is 39.4 Å². The molecule has 6 nitrogen and oxygen atoms in total. The van der Waals surface area contributed by atoms with Crippen LogP contribution >= 0.6 is 0 Å². The lowest BCUT2D eigenvalue weighted by Crippen LogP contribution is -2.34. The molecule has 1 aliphatic heterocycles. The van der Waals surface area contributed by atoms with Gasteiger partial charge in [0.2, 0.25) is 0 Å². The van der Waals surface area contributed by atoms with Crippen molar-refractivity contribution in [2.24, 2.45) is 0 Å². The first kappa shape index (κ1) is 20.9. The molecule has 2 amide bonds. The Balaban J connectivity index is 1.81. The highest BCUT2D eigenvalue weighted by Crippen LogP contribution is 2.34. The Morgan fingerprint density at radius 3 is 2.72 bits per heavy atom. The largest absolute Gasteiger partial charge is 0.382 e. The number of nitrogens with one attached hydrogen (secondary N) is 2. The van der Waals surface area contributed by atoms with E-state index >= 15 is 0 Å². The van der Waals surface area contributed by atoms with Crippen LogP contribution in [0.4, 0.5) is 5.69 Å². The lowest BCUT2D eigenvalue weighted by molar-refractivity contribution is 0.0708. The average molecular weight is 396 g/mol. The second kappa shape index (κ2) is 9.56. The van der Waals surface area contributed by atoms with E-state index in [1.165, 1.54) is 0 Å². The molecule has 0 saturated heterocycles. The summed E-state index contributed by atoms with van der Waals surface area (Å²) < 4.78 is 5.43. The Labute approximate surface area is 172 Å². The number of fused-ring (bicyclic) bond motifs is 1. The minimum atomic E-state index is -0.274. The Kier molecular flexibility index (Phi) is 6.88. The molecule has 0 bridgehead atoms. The number of anilines is 1. The first-order chi connectivity index (χ1) is 14.0. The molecule has 1 heterocycles. The Morgan fingerprint density at radius 1 is 1.17 bits per heavy atom. The highest BCUT2D eigenvalue weighted by atomic mass is 16.5. The summed E-state index contributed by atoms with van der Waals surface area (Å²) in [6, 6.07) is 15.1. The van der Waals surface area contributed by atoms with Crippen molar-refractivity contribution in [1.29, 1.82) is 0 Å². The third kappa shape index (κ3) is 4.95. The van der Waals surface area contributed by atoms with E-state index in [2.05, 4.69) is 10.6 Å². The molecular weight excluding hydrogens is 366 g/mol. The Hall–Kier alpha value is -2.86. The van der Waals surface area contributed by atoms with Crippen LogP contribution in [0.1, 0.15) is 59.6 Å². The van der Waals surface area contributed by atoms with Gasteiger partial charge < -0.3 is 20.3 Å². The van der Waals surface area contributed by atoms with E-state index in [9.17, 15) is 9.59 Å². The van der Waals surface area contributed by atoms with Crippen LogP contribution in [0, 0.1) is 0 Å². The van der Waals surface area contributed by atoms with Gasteiger partial charge in [0.25, 0.3) is 11.8 Å². The minimum absolute atomic E-state index is 0.0169. The summed E-state index contributed by atoms with van der Waals surface area (Å²) in [5.74, 6) is -0.0941. The molecule has 0 radical (unpaired) electrons. The summed E-state index contributed by atoms with van der Waals surface area (Å²) in [5, 5.41) is 6.36. The number of carbonyl (C=O) groups is 2. The monoisotopic (exact) mass is 395 g/mol. The van der Waals surface area contributed by atoms with Gasteiger partial charge in [-0.2, -0.15) is 0 Å². The Morgan fingerprint density at radius 2 is 1.97 bits per heavy atom. The average Bonchev–Trinajstić information content (AvgIpc) is 2.97. The molecular formula is C23H29N3O3. The van der Waals surface area contributed by atoms with Gasteiger partial charge in [-0.1, -0.05) is 24.3 Å². The normalized spacial score (nSPS) is 15.5. The second-order valence-corrected chi connectivity index (χ2v) is 7.39. The fourth-order valence-corrected chi connectivity index (χ4v) is 3.49. The quantitative estimate of drug-likeness (QED) is 0.633.